The van der Waals surface area contributed by atoms with Gasteiger partial charge in [0, 0.05) is 6.42 Å². The van der Waals surface area contributed by atoms with Gasteiger partial charge < -0.3 is 5.53 Å². The minimum atomic E-state index is -0.835. The highest BCUT2D eigenvalue weighted by Crippen LogP contribution is 2.01. The molecule has 1 aromatic rings. The number of Topliss-reactive ketones (excluding diaryl/α,β-unsaturated/α-hetero) is 1. The van der Waals surface area contributed by atoms with Crippen LogP contribution in [0.25, 0.3) is 5.53 Å². The molecule has 0 saturated heterocycles. The zero-order valence-corrected chi connectivity index (χ0v) is 8.65. The second-order valence-corrected chi connectivity index (χ2v) is 3.25. The number of nitrogens with zero attached hydrogens (tertiary/aromatic N) is 2. The third-order valence-electron chi connectivity index (χ3n) is 1.77. The number of hydrogen-bond acceptors (Lipinski definition) is 2. The van der Waals surface area contributed by atoms with Crippen LogP contribution >= 0.6 is 12.6 Å². The standard InChI is InChI=1S/C10H8N2O2S/c11-12-9(10(14)15)8(13)6-7-4-2-1-3-5-7/h1-5H,6H2,(H,14,15). The molecule has 76 valence electrons. The zero-order valence-electron chi connectivity index (χ0n) is 7.75. The Balaban J connectivity index is 2.81. The lowest BCUT2D eigenvalue weighted by Crippen LogP contribution is -2.23. The molecule has 0 unspecified atom stereocenters. The Hall–Kier alpha value is -1.71. The number of carbonyl (C=O) groups excluding carboxylic acids is 2. The van der Waals surface area contributed by atoms with Crippen molar-refractivity contribution in [3.05, 3.63) is 41.4 Å². The van der Waals surface area contributed by atoms with Crippen molar-refractivity contribution in [3.63, 3.8) is 0 Å². The summed E-state index contributed by atoms with van der Waals surface area (Å²) in [5.41, 5.74) is 8.65. The van der Waals surface area contributed by atoms with Crippen LogP contribution in [0.5, 0.6) is 0 Å². The third kappa shape index (κ3) is 3.16. The Bertz CT molecular complexity index is 436. The predicted octanol–water partition coefficient (Wildman–Crippen LogP) is 0.925. The molecule has 0 aliphatic rings. The second-order valence-electron chi connectivity index (χ2n) is 2.84. The zero-order chi connectivity index (χ0) is 11.3. The Morgan fingerprint density at radius 3 is 2.33 bits per heavy atom. The largest absolute Gasteiger partial charge is 0.411 e. The predicted molar refractivity (Wildman–Crippen MR) is 57.8 cm³/mol. The number of benzene rings is 1. The summed E-state index contributed by atoms with van der Waals surface area (Å²) >= 11 is 3.43. The summed E-state index contributed by atoms with van der Waals surface area (Å²) in [4.78, 5) is 24.8. The van der Waals surface area contributed by atoms with Gasteiger partial charge in [0.2, 0.25) is 0 Å². The lowest BCUT2D eigenvalue weighted by molar-refractivity contribution is -0.120. The quantitative estimate of drug-likeness (QED) is 0.269. The highest BCUT2D eigenvalue weighted by molar-refractivity contribution is 7.99. The molecule has 4 nitrogen and oxygen atoms in total. The summed E-state index contributed by atoms with van der Waals surface area (Å²) in [6.07, 6.45) is 0.0204. The van der Waals surface area contributed by atoms with Gasteiger partial charge in [0.15, 0.2) is 0 Å². The molecule has 1 aromatic carbocycles. The lowest BCUT2D eigenvalue weighted by atomic mass is 10.1. The molecule has 5 heteroatoms. The normalized spacial score (nSPS) is 9.13. The van der Waals surface area contributed by atoms with E-state index in [9.17, 15) is 9.59 Å². The van der Waals surface area contributed by atoms with E-state index in [0.29, 0.717) is 0 Å². The monoisotopic (exact) mass is 220 g/mol. The summed E-state index contributed by atoms with van der Waals surface area (Å²) in [6.45, 7) is 0. The van der Waals surface area contributed by atoms with E-state index in [1.165, 1.54) is 0 Å². The fourth-order valence-corrected chi connectivity index (χ4v) is 1.25. The third-order valence-corrected chi connectivity index (χ3v) is 1.99. The molecular formula is C10H8N2O2S. The van der Waals surface area contributed by atoms with Crippen molar-refractivity contribution in [2.75, 3.05) is 0 Å². The summed E-state index contributed by atoms with van der Waals surface area (Å²) in [5.74, 6) is -0.552. The smallest absolute Gasteiger partial charge is 0.360 e. The summed E-state index contributed by atoms with van der Waals surface area (Å²) in [7, 11) is 0. The molecule has 0 aromatic heterocycles. The Morgan fingerprint density at radius 1 is 1.27 bits per heavy atom. The highest BCUT2D eigenvalue weighted by atomic mass is 32.1. The molecule has 0 fully saturated rings. The van der Waals surface area contributed by atoms with E-state index in [-0.39, 0.29) is 6.42 Å². The van der Waals surface area contributed by atoms with Gasteiger partial charge in [0.25, 0.3) is 5.78 Å². The summed E-state index contributed by atoms with van der Waals surface area (Å²) < 4.78 is 0. The maximum atomic E-state index is 11.4. The Morgan fingerprint density at radius 2 is 1.87 bits per heavy atom. The molecule has 1 rings (SSSR count). The van der Waals surface area contributed by atoms with Gasteiger partial charge >= 0.3 is 10.8 Å². The SMILES string of the molecule is [N-]=[N+]=C(C(=O)S)C(=O)Cc1ccccc1. The lowest BCUT2D eigenvalue weighted by Gasteiger charge is -1.95. The van der Waals surface area contributed by atoms with Gasteiger partial charge in [-0.2, -0.15) is 4.79 Å². The van der Waals surface area contributed by atoms with Crippen molar-refractivity contribution in [3.8, 4) is 0 Å². The van der Waals surface area contributed by atoms with Crippen LogP contribution in [-0.2, 0) is 16.0 Å². The molecular weight excluding hydrogens is 212 g/mol. The minimum absolute atomic E-state index is 0.0204. The van der Waals surface area contributed by atoms with E-state index < -0.39 is 16.6 Å². The molecule has 0 amide bonds. The van der Waals surface area contributed by atoms with Crippen molar-refractivity contribution in [1.29, 1.82) is 0 Å². The van der Waals surface area contributed by atoms with Gasteiger partial charge in [-0.25, -0.2) is 0 Å². The number of ketones is 1. The van der Waals surface area contributed by atoms with Crippen LogP contribution in [0.3, 0.4) is 0 Å². The van der Waals surface area contributed by atoms with Gasteiger partial charge in [-0.1, -0.05) is 43.0 Å². The molecule has 0 radical (unpaired) electrons. The van der Waals surface area contributed by atoms with E-state index in [2.05, 4.69) is 17.4 Å². The molecule has 0 bridgehead atoms. The molecule has 0 spiro atoms. The van der Waals surface area contributed by atoms with Gasteiger partial charge in [0.1, 0.15) is 0 Å². The highest BCUT2D eigenvalue weighted by Gasteiger charge is 2.26. The first-order valence-corrected chi connectivity index (χ1v) is 4.62. The summed E-state index contributed by atoms with van der Waals surface area (Å²) in [6, 6.07) is 8.87. The Labute approximate surface area is 92.0 Å². The van der Waals surface area contributed by atoms with Crippen molar-refractivity contribution in [1.82, 2.24) is 0 Å². The van der Waals surface area contributed by atoms with Gasteiger partial charge in [0.05, 0.1) is 0 Å². The van der Waals surface area contributed by atoms with Crippen LogP contribution in [0.1, 0.15) is 5.56 Å². The average molecular weight is 220 g/mol. The van der Waals surface area contributed by atoms with Crippen LogP contribution in [0.4, 0.5) is 0 Å². The van der Waals surface area contributed by atoms with Crippen molar-refractivity contribution in [2.24, 2.45) is 0 Å². The average Bonchev–Trinajstić information content (AvgIpc) is 2.19. The van der Waals surface area contributed by atoms with Gasteiger partial charge in [-0.3, -0.25) is 9.59 Å². The summed E-state index contributed by atoms with van der Waals surface area (Å²) in [5, 5.41) is -0.835. The molecule has 0 atom stereocenters. The van der Waals surface area contributed by atoms with E-state index in [1.807, 2.05) is 6.07 Å². The fraction of sp³-hybridized carbons (Fsp3) is 0.100. The molecule has 0 aliphatic heterocycles. The van der Waals surface area contributed by atoms with E-state index >= 15 is 0 Å². The van der Waals surface area contributed by atoms with Crippen LogP contribution in [0.15, 0.2) is 30.3 Å². The maximum absolute atomic E-state index is 11.4. The molecule has 0 aliphatic carbocycles. The van der Waals surface area contributed by atoms with Gasteiger partial charge in [-0.05, 0) is 5.56 Å². The van der Waals surface area contributed by atoms with E-state index in [1.54, 1.807) is 24.3 Å². The molecule has 0 N–H and O–H groups in total. The second kappa shape index (κ2) is 5.24. The van der Waals surface area contributed by atoms with Crippen LogP contribution in [0, 0.1) is 0 Å². The van der Waals surface area contributed by atoms with Crippen LogP contribution < -0.4 is 0 Å². The Kier molecular flexibility index (Phi) is 3.97. The van der Waals surface area contributed by atoms with Gasteiger partial charge in [-0.15, -0.1) is 0 Å². The molecule has 15 heavy (non-hydrogen) atoms. The van der Waals surface area contributed by atoms with Crippen molar-refractivity contribution in [2.45, 2.75) is 6.42 Å². The first kappa shape index (κ1) is 11.4. The minimum Gasteiger partial charge on any atom is -0.360 e. The topological polar surface area (TPSA) is 70.5 Å². The molecule has 0 heterocycles. The number of thiol groups is 1. The first-order valence-electron chi connectivity index (χ1n) is 4.17. The van der Waals surface area contributed by atoms with Crippen LogP contribution in [0.2, 0.25) is 0 Å². The van der Waals surface area contributed by atoms with Crippen molar-refractivity contribution < 1.29 is 14.4 Å². The van der Waals surface area contributed by atoms with Crippen molar-refractivity contribution >= 4 is 29.2 Å². The number of hydrogen-bond donors (Lipinski definition) is 1. The van der Waals surface area contributed by atoms with E-state index in [4.69, 9.17) is 5.53 Å². The maximum Gasteiger partial charge on any atom is 0.411 e. The molecule has 0 saturated carbocycles. The number of carbonyl (C=O) groups is 2. The number of rotatable bonds is 4. The van der Waals surface area contributed by atoms with E-state index in [0.717, 1.165) is 5.56 Å². The first-order chi connectivity index (χ1) is 7.15. The van der Waals surface area contributed by atoms with Crippen LogP contribution in [-0.4, -0.2) is 21.4 Å². The fourth-order valence-electron chi connectivity index (χ4n) is 1.08.